The molecule has 0 aliphatic carbocycles. The van der Waals surface area contributed by atoms with Gasteiger partial charge in [-0.3, -0.25) is 5.32 Å². The average Bonchev–Trinajstić information content (AvgIpc) is 2.40. The third-order valence-electron chi connectivity index (χ3n) is 2.65. The molecule has 0 aromatic heterocycles. The maximum absolute atomic E-state index is 13.8. The molecule has 0 saturated carbocycles. The van der Waals surface area contributed by atoms with Crippen LogP contribution >= 0.6 is 0 Å². The zero-order valence-corrected chi connectivity index (χ0v) is 14.5. The molecule has 1 rings (SSSR count). The Bertz CT molecular complexity index is 587. The minimum Gasteiger partial charge on any atom is -0.444 e. The fourth-order valence-corrected chi connectivity index (χ4v) is 1.80. The van der Waals surface area contributed by atoms with Gasteiger partial charge in [0, 0.05) is 12.8 Å². The van der Waals surface area contributed by atoms with Crippen LogP contribution in [0.4, 0.5) is 25.4 Å². The van der Waals surface area contributed by atoms with Crippen LogP contribution in [0.1, 0.15) is 27.7 Å². The van der Waals surface area contributed by atoms with Crippen LogP contribution < -0.4 is 16.0 Å². The SMILES string of the molecule is COC[C@@H](C)NC(=O)Nc1ccc(F)c(NC(=O)OC(C)(C)C)c1. The van der Waals surface area contributed by atoms with Crippen molar-refractivity contribution < 1.29 is 23.5 Å². The van der Waals surface area contributed by atoms with E-state index in [-0.39, 0.29) is 11.7 Å². The monoisotopic (exact) mass is 341 g/mol. The number of amides is 3. The van der Waals surface area contributed by atoms with E-state index in [0.29, 0.717) is 12.3 Å². The number of benzene rings is 1. The minimum atomic E-state index is -0.781. The van der Waals surface area contributed by atoms with Crippen LogP contribution in [0.15, 0.2) is 18.2 Å². The molecule has 24 heavy (non-hydrogen) atoms. The van der Waals surface area contributed by atoms with Gasteiger partial charge < -0.3 is 20.1 Å². The Morgan fingerprint density at radius 2 is 1.92 bits per heavy atom. The zero-order valence-electron chi connectivity index (χ0n) is 14.5. The predicted octanol–water partition coefficient (Wildman–Crippen LogP) is 3.33. The van der Waals surface area contributed by atoms with Gasteiger partial charge >= 0.3 is 12.1 Å². The van der Waals surface area contributed by atoms with Gasteiger partial charge in [0.05, 0.1) is 18.3 Å². The maximum Gasteiger partial charge on any atom is 0.412 e. The number of ether oxygens (including phenoxy) is 2. The lowest BCUT2D eigenvalue weighted by Crippen LogP contribution is -2.38. The molecule has 1 atom stereocenters. The van der Waals surface area contributed by atoms with Gasteiger partial charge in [-0.05, 0) is 45.9 Å². The topological polar surface area (TPSA) is 88.7 Å². The van der Waals surface area contributed by atoms with Crippen molar-refractivity contribution in [3.05, 3.63) is 24.0 Å². The van der Waals surface area contributed by atoms with Gasteiger partial charge in [0.15, 0.2) is 0 Å². The quantitative estimate of drug-likeness (QED) is 0.766. The van der Waals surface area contributed by atoms with Gasteiger partial charge in [0.2, 0.25) is 0 Å². The summed E-state index contributed by atoms with van der Waals surface area (Å²) in [7, 11) is 1.53. The van der Waals surface area contributed by atoms with E-state index in [9.17, 15) is 14.0 Å². The predicted molar refractivity (Wildman–Crippen MR) is 89.7 cm³/mol. The van der Waals surface area contributed by atoms with E-state index in [0.717, 1.165) is 6.07 Å². The summed E-state index contributed by atoms with van der Waals surface area (Å²) in [6.07, 6.45) is -0.781. The van der Waals surface area contributed by atoms with Gasteiger partial charge in [0.1, 0.15) is 11.4 Å². The second-order valence-electron chi connectivity index (χ2n) is 6.28. The van der Waals surface area contributed by atoms with Crippen molar-refractivity contribution in [1.29, 1.82) is 0 Å². The smallest absolute Gasteiger partial charge is 0.412 e. The molecule has 0 fully saturated rings. The molecule has 0 radical (unpaired) electrons. The van der Waals surface area contributed by atoms with Crippen molar-refractivity contribution in [2.24, 2.45) is 0 Å². The summed E-state index contributed by atoms with van der Waals surface area (Å²) >= 11 is 0. The summed E-state index contributed by atoms with van der Waals surface area (Å²) in [6.45, 7) is 7.25. The molecule has 3 amide bonds. The van der Waals surface area contributed by atoms with E-state index in [4.69, 9.17) is 9.47 Å². The molecule has 0 spiro atoms. The van der Waals surface area contributed by atoms with Crippen molar-refractivity contribution in [3.63, 3.8) is 0 Å². The van der Waals surface area contributed by atoms with Crippen LogP contribution in [0.3, 0.4) is 0 Å². The molecular formula is C16H24FN3O4. The number of rotatable bonds is 5. The number of nitrogens with one attached hydrogen (secondary N) is 3. The third-order valence-corrected chi connectivity index (χ3v) is 2.65. The lowest BCUT2D eigenvalue weighted by molar-refractivity contribution is 0.0635. The molecule has 0 unspecified atom stereocenters. The van der Waals surface area contributed by atoms with Crippen LogP contribution in [0, 0.1) is 5.82 Å². The normalized spacial score (nSPS) is 12.2. The number of hydrogen-bond donors (Lipinski definition) is 3. The Labute approximate surface area is 140 Å². The van der Waals surface area contributed by atoms with Crippen molar-refractivity contribution >= 4 is 23.5 Å². The highest BCUT2D eigenvalue weighted by atomic mass is 19.1. The molecule has 0 bridgehead atoms. The molecule has 134 valence electrons. The molecule has 3 N–H and O–H groups in total. The summed E-state index contributed by atoms with van der Waals surface area (Å²) in [5.41, 5.74) is -0.468. The lowest BCUT2D eigenvalue weighted by atomic mass is 10.2. The molecule has 0 saturated heterocycles. The lowest BCUT2D eigenvalue weighted by Gasteiger charge is -2.20. The molecular weight excluding hydrogens is 317 g/mol. The number of halogens is 1. The van der Waals surface area contributed by atoms with E-state index in [1.165, 1.54) is 19.2 Å². The standard InChI is InChI=1S/C16H24FN3O4/c1-10(9-23-5)18-14(21)19-11-6-7-12(17)13(8-11)20-15(22)24-16(2,3)4/h6-8,10H,9H2,1-5H3,(H,20,22)(H2,18,19,21)/t10-/m1/s1. The molecule has 7 nitrogen and oxygen atoms in total. The number of anilines is 2. The zero-order chi connectivity index (χ0) is 18.3. The largest absolute Gasteiger partial charge is 0.444 e. The number of hydrogen-bond acceptors (Lipinski definition) is 4. The Kier molecular flexibility index (Phi) is 6.97. The second-order valence-corrected chi connectivity index (χ2v) is 6.28. The van der Waals surface area contributed by atoms with E-state index in [1.807, 2.05) is 0 Å². The molecule has 0 aliphatic heterocycles. The number of carbonyl (C=O) groups excluding carboxylic acids is 2. The number of urea groups is 1. The van der Waals surface area contributed by atoms with E-state index in [1.54, 1.807) is 27.7 Å². The van der Waals surface area contributed by atoms with Crippen LogP contribution in [-0.4, -0.2) is 37.5 Å². The maximum atomic E-state index is 13.8. The summed E-state index contributed by atoms with van der Waals surface area (Å²) in [6, 6.07) is 3.18. The highest BCUT2D eigenvalue weighted by Gasteiger charge is 2.18. The van der Waals surface area contributed by atoms with Crippen LogP contribution in [0.5, 0.6) is 0 Å². The highest BCUT2D eigenvalue weighted by Crippen LogP contribution is 2.20. The van der Waals surface area contributed by atoms with Crippen LogP contribution in [-0.2, 0) is 9.47 Å². The summed E-state index contributed by atoms with van der Waals surface area (Å²) in [5, 5.41) is 7.52. The van der Waals surface area contributed by atoms with Crippen molar-refractivity contribution in [2.45, 2.75) is 39.3 Å². The highest BCUT2D eigenvalue weighted by molar-refractivity contribution is 5.91. The van der Waals surface area contributed by atoms with Gasteiger partial charge in [0.25, 0.3) is 0 Å². The van der Waals surface area contributed by atoms with Crippen LogP contribution in [0.2, 0.25) is 0 Å². The molecule has 1 aromatic carbocycles. The second kappa shape index (κ2) is 8.49. The summed E-state index contributed by atoms with van der Waals surface area (Å²) in [5.74, 6) is -0.639. The van der Waals surface area contributed by atoms with Gasteiger partial charge in [-0.15, -0.1) is 0 Å². The Hall–Kier alpha value is -2.35. The molecule has 1 aromatic rings. The Balaban J connectivity index is 2.72. The Morgan fingerprint density at radius 1 is 1.25 bits per heavy atom. The number of carbonyl (C=O) groups is 2. The van der Waals surface area contributed by atoms with Crippen molar-refractivity contribution in [2.75, 3.05) is 24.4 Å². The average molecular weight is 341 g/mol. The van der Waals surface area contributed by atoms with E-state index in [2.05, 4.69) is 16.0 Å². The van der Waals surface area contributed by atoms with Gasteiger partial charge in [-0.25, -0.2) is 14.0 Å². The van der Waals surface area contributed by atoms with Crippen molar-refractivity contribution in [3.8, 4) is 0 Å². The van der Waals surface area contributed by atoms with Gasteiger partial charge in [-0.1, -0.05) is 0 Å². The first-order valence-electron chi connectivity index (χ1n) is 7.46. The van der Waals surface area contributed by atoms with Crippen LogP contribution in [0.25, 0.3) is 0 Å². The number of methoxy groups -OCH3 is 1. The Morgan fingerprint density at radius 3 is 2.50 bits per heavy atom. The fourth-order valence-electron chi connectivity index (χ4n) is 1.80. The molecule has 0 heterocycles. The van der Waals surface area contributed by atoms with E-state index >= 15 is 0 Å². The summed E-state index contributed by atoms with van der Waals surface area (Å²) < 4.78 is 23.8. The van der Waals surface area contributed by atoms with E-state index < -0.39 is 23.5 Å². The molecule has 0 aliphatic rings. The first kappa shape index (κ1) is 19.7. The van der Waals surface area contributed by atoms with Crippen molar-refractivity contribution in [1.82, 2.24) is 5.32 Å². The first-order chi connectivity index (χ1) is 11.1. The third kappa shape index (κ3) is 7.28. The first-order valence-corrected chi connectivity index (χ1v) is 7.46. The minimum absolute atomic E-state index is 0.0908. The van der Waals surface area contributed by atoms with Gasteiger partial charge in [-0.2, -0.15) is 0 Å². The summed E-state index contributed by atoms with van der Waals surface area (Å²) in [4.78, 5) is 23.5. The molecule has 8 heteroatoms. The fraction of sp³-hybridized carbons (Fsp3) is 0.500.